The summed E-state index contributed by atoms with van der Waals surface area (Å²) in [5, 5.41) is 0. The van der Waals surface area contributed by atoms with Gasteiger partial charge in [-0.15, -0.1) is 0 Å². The van der Waals surface area contributed by atoms with Gasteiger partial charge >= 0.3 is 5.97 Å². The van der Waals surface area contributed by atoms with Crippen LogP contribution in [0.5, 0.6) is 5.75 Å². The highest BCUT2D eigenvalue weighted by atomic mass is 79.9. The number of hydrogen-bond donors (Lipinski definition) is 0. The van der Waals surface area contributed by atoms with Gasteiger partial charge in [-0.05, 0) is 46.1 Å². The molecule has 0 bridgehead atoms. The molecule has 1 amide bonds. The van der Waals surface area contributed by atoms with E-state index in [4.69, 9.17) is 21.7 Å². The van der Waals surface area contributed by atoms with Crippen molar-refractivity contribution in [1.29, 1.82) is 0 Å². The topological polar surface area (TPSA) is 55.8 Å². The Kier molecular flexibility index (Phi) is 7.46. The van der Waals surface area contributed by atoms with Gasteiger partial charge in [-0.3, -0.25) is 14.5 Å². The van der Waals surface area contributed by atoms with Crippen molar-refractivity contribution in [2.24, 2.45) is 0 Å². The maximum Gasteiger partial charge on any atom is 0.326 e. The van der Waals surface area contributed by atoms with Crippen molar-refractivity contribution in [3.8, 4) is 5.75 Å². The Labute approximate surface area is 164 Å². The van der Waals surface area contributed by atoms with E-state index in [2.05, 4.69) is 15.9 Å². The second-order valence-corrected chi connectivity index (χ2v) is 7.77. The molecule has 0 atom stereocenters. The van der Waals surface area contributed by atoms with Crippen LogP contribution in [0.15, 0.2) is 27.6 Å². The zero-order valence-electron chi connectivity index (χ0n) is 13.9. The number of carbonyl (C=O) groups is 2. The Bertz CT molecular complexity index is 721. The molecule has 0 aromatic heterocycles. The third kappa shape index (κ3) is 5.29. The van der Waals surface area contributed by atoms with Crippen LogP contribution >= 0.6 is 39.9 Å². The summed E-state index contributed by atoms with van der Waals surface area (Å²) in [5.41, 5.74) is 0.832. The first-order chi connectivity index (χ1) is 12.0. The van der Waals surface area contributed by atoms with Crippen molar-refractivity contribution in [1.82, 2.24) is 4.90 Å². The predicted octanol–water partition coefficient (Wildman–Crippen LogP) is 4.00. The highest BCUT2D eigenvalue weighted by Crippen LogP contribution is 2.34. The van der Waals surface area contributed by atoms with Crippen LogP contribution in [0.25, 0.3) is 6.08 Å². The van der Waals surface area contributed by atoms with E-state index < -0.39 is 5.97 Å². The Balaban J connectivity index is 2.07. The number of carbonyl (C=O) groups excluding carboxylic acids is 2. The Hall–Kier alpha value is -1.38. The normalized spacial score (nSPS) is 15.8. The van der Waals surface area contributed by atoms with Crippen LogP contribution in [-0.4, -0.2) is 41.4 Å². The number of esters is 1. The predicted molar refractivity (Wildman–Crippen MR) is 106 cm³/mol. The number of ether oxygens (including phenoxy) is 2. The van der Waals surface area contributed by atoms with Crippen molar-refractivity contribution >= 4 is 62.2 Å². The summed E-state index contributed by atoms with van der Waals surface area (Å²) < 4.78 is 11.4. The smallest absolute Gasteiger partial charge is 0.326 e. The summed E-state index contributed by atoms with van der Waals surface area (Å²) in [5.74, 6) is -0.0212. The lowest BCUT2D eigenvalue weighted by Gasteiger charge is -2.13. The molecule has 1 heterocycles. The molecule has 1 aliphatic rings. The number of hydrogen-bond acceptors (Lipinski definition) is 6. The first-order valence-corrected chi connectivity index (χ1v) is 9.72. The van der Waals surface area contributed by atoms with Crippen molar-refractivity contribution in [2.75, 3.05) is 20.3 Å². The Morgan fingerprint density at radius 2 is 2.20 bits per heavy atom. The Morgan fingerprint density at radius 3 is 2.84 bits per heavy atom. The van der Waals surface area contributed by atoms with Crippen LogP contribution in [-0.2, 0) is 14.3 Å². The number of rotatable bonds is 7. The summed E-state index contributed by atoms with van der Waals surface area (Å²) in [6, 6.07) is 5.50. The maximum atomic E-state index is 12.5. The summed E-state index contributed by atoms with van der Waals surface area (Å²) in [7, 11) is 1.59. The molecule has 1 fully saturated rings. The van der Waals surface area contributed by atoms with E-state index in [1.54, 1.807) is 13.2 Å². The molecule has 0 N–H and O–H groups in total. The van der Waals surface area contributed by atoms with E-state index in [1.165, 1.54) is 16.7 Å². The highest BCUT2D eigenvalue weighted by molar-refractivity contribution is 9.10. The van der Waals surface area contributed by atoms with Gasteiger partial charge in [-0.1, -0.05) is 43.4 Å². The number of unbranched alkanes of at least 4 members (excludes halogenated alkanes) is 1. The molecule has 1 aromatic rings. The van der Waals surface area contributed by atoms with Gasteiger partial charge in [-0.2, -0.15) is 0 Å². The van der Waals surface area contributed by atoms with Gasteiger partial charge in [0.2, 0.25) is 0 Å². The van der Waals surface area contributed by atoms with Crippen LogP contribution in [0, 0.1) is 0 Å². The molecule has 0 unspecified atom stereocenters. The van der Waals surface area contributed by atoms with E-state index in [-0.39, 0.29) is 12.5 Å². The Morgan fingerprint density at radius 1 is 1.44 bits per heavy atom. The van der Waals surface area contributed by atoms with Crippen molar-refractivity contribution in [2.45, 2.75) is 19.8 Å². The third-order valence-electron chi connectivity index (χ3n) is 3.40. The molecule has 0 saturated carbocycles. The molecule has 25 heavy (non-hydrogen) atoms. The van der Waals surface area contributed by atoms with E-state index in [9.17, 15) is 9.59 Å². The molecule has 0 aliphatic carbocycles. The highest BCUT2D eigenvalue weighted by Gasteiger charge is 2.33. The minimum absolute atomic E-state index is 0.155. The minimum atomic E-state index is -0.446. The molecule has 1 aromatic carbocycles. The van der Waals surface area contributed by atoms with Crippen LogP contribution in [0.2, 0.25) is 0 Å². The fourth-order valence-corrected chi connectivity index (χ4v) is 3.88. The van der Waals surface area contributed by atoms with E-state index >= 15 is 0 Å². The molecule has 2 rings (SSSR count). The SMILES string of the molecule is CCCCOC(=O)CN1C(=O)/C(=C/c2ccc(OC)c(Br)c2)SC1=S. The average Bonchev–Trinajstić information content (AvgIpc) is 2.83. The van der Waals surface area contributed by atoms with E-state index in [0.717, 1.165) is 22.9 Å². The quantitative estimate of drug-likeness (QED) is 0.274. The molecule has 0 spiro atoms. The first-order valence-electron chi connectivity index (χ1n) is 7.70. The average molecular weight is 444 g/mol. The number of benzene rings is 1. The molecule has 134 valence electrons. The number of thioether (sulfide) groups is 1. The fraction of sp³-hybridized carbons (Fsp3) is 0.353. The molecule has 0 radical (unpaired) electrons. The summed E-state index contributed by atoms with van der Waals surface area (Å²) >= 11 is 9.81. The van der Waals surface area contributed by atoms with Crippen LogP contribution in [0.4, 0.5) is 0 Å². The van der Waals surface area contributed by atoms with Gasteiger partial charge in [0.15, 0.2) is 0 Å². The van der Waals surface area contributed by atoms with Crippen LogP contribution in [0.1, 0.15) is 25.3 Å². The van der Waals surface area contributed by atoms with Gasteiger partial charge < -0.3 is 9.47 Å². The van der Waals surface area contributed by atoms with Crippen LogP contribution < -0.4 is 4.74 Å². The van der Waals surface area contributed by atoms with Gasteiger partial charge in [0, 0.05) is 0 Å². The lowest BCUT2D eigenvalue weighted by molar-refractivity contribution is -0.146. The number of halogens is 1. The van der Waals surface area contributed by atoms with Gasteiger partial charge in [0.1, 0.15) is 16.6 Å². The monoisotopic (exact) mass is 443 g/mol. The van der Waals surface area contributed by atoms with Gasteiger partial charge in [-0.25, -0.2) is 0 Å². The van der Waals surface area contributed by atoms with Gasteiger partial charge in [0.05, 0.1) is 23.1 Å². The zero-order chi connectivity index (χ0) is 18.4. The molecule has 8 heteroatoms. The second kappa shape index (κ2) is 9.35. The number of amides is 1. The lowest BCUT2D eigenvalue weighted by atomic mass is 10.2. The summed E-state index contributed by atoms with van der Waals surface area (Å²) in [6.07, 6.45) is 3.48. The number of nitrogens with zero attached hydrogens (tertiary/aromatic N) is 1. The minimum Gasteiger partial charge on any atom is -0.496 e. The standard InChI is InChI=1S/C17H18BrNO4S2/c1-3-4-7-23-15(20)10-19-16(21)14(25-17(19)24)9-11-5-6-13(22-2)12(18)8-11/h5-6,8-9H,3-4,7,10H2,1-2H3/b14-9-. The maximum absolute atomic E-state index is 12.5. The molecular formula is C17H18BrNO4S2. The summed E-state index contributed by atoms with van der Waals surface area (Å²) in [4.78, 5) is 26.1. The molecule has 1 saturated heterocycles. The van der Waals surface area contributed by atoms with E-state index in [1.807, 2.05) is 25.1 Å². The van der Waals surface area contributed by atoms with Crippen molar-refractivity contribution in [3.05, 3.63) is 33.1 Å². The largest absolute Gasteiger partial charge is 0.496 e. The molecular weight excluding hydrogens is 426 g/mol. The third-order valence-corrected chi connectivity index (χ3v) is 5.39. The van der Waals surface area contributed by atoms with Crippen molar-refractivity contribution < 1.29 is 19.1 Å². The molecule has 5 nitrogen and oxygen atoms in total. The fourth-order valence-electron chi connectivity index (χ4n) is 2.07. The first kappa shape index (κ1) is 19.9. The van der Waals surface area contributed by atoms with Crippen LogP contribution in [0.3, 0.4) is 0 Å². The zero-order valence-corrected chi connectivity index (χ0v) is 17.1. The van der Waals surface area contributed by atoms with Crippen molar-refractivity contribution in [3.63, 3.8) is 0 Å². The second-order valence-electron chi connectivity index (χ2n) is 5.24. The molecule has 1 aliphatic heterocycles. The number of methoxy groups -OCH3 is 1. The summed E-state index contributed by atoms with van der Waals surface area (Å²) in [6.45, 7) is 2.22. The number of thiocarbonyl (C=S) groups is 1. The lowest BCUT2D eigenvalue weighted by Crippen LogP contribution is -2.34. The van der Waals surface area contributed by atoms with Gasteiger partial charge in [0.25, 0.3) is 5.91 Å². The van der Waals surface area contributed by atoms with E-state index in [0.29, 0.717) is 21.6 Å².